The number of allylic oxidation sites excluding steroid dienone is 1. The third-order valence-electron chi connectivity index (χ3n) is 5.19. The summed E-state index contributed by atoms with van der Waals surface area (Å²) >= 11 is 2.91. The molecule has 2 aromatic carbocycles. The maximum Gasteiger partial charge on any atom is 0.334 e. The van der Waals surface area contributed by atoms with E-state index in [2.05, 4.69) is 36.5 Å². The molecule has 29 heavy (non-hydrogen) atoms. The molecule has 0 aromatic heterocycles. The van der Waals surface area contributed by atoms with Gasteiger partial charge in [0.1, 0.15) is 0 Å². The molecular formula is C23H21NO3S2. The predicted octanol–water partition coefficient (Wildman–Crippen LogP) is 4.86. The number of nitrogens with one attached hydrogen (secondary N) is 1. The van der Waals surface area contributed by atoms with Crippen molar-refractivity contribution in [2.75, 3.05) is 5.75 Å². The maximum atomic E-state index is 12.6. The summed E-state index contributed by atoms with van der Waals surface area (Å²) < 4.78 is 0. The van der Waals surface area contributed by atoms with E-state index >= 15 is 0 Å². The van der Waals surface area contributed by atoms with Crippen molar-refractivity contribution in [2.24, 2.45) is 0 Å². The molecule has 1 unspecified atom stereocenters. The first kappa shape index (κ1) is 19.9. The number of carbonyl (C=O) groups excluding carboxylic acids is 1. The van der Waals surface area contributed by atoms with Crippen LogP contribution in [0, 0.1) is 6.92 Å². The Bertz CT molecular complexity index is 1050. The van der Waals surface area contributed by atoms with E-state index in [-0.39, 0.29) is 10.7 Å². The molecule has 4 nitrogen and oxygen atoms in total. The standard InChI is InChI=1S/C23H21NO3S2/c1-13-7-9-15(10-8-13)11-28-18-6-4-3-5-16(18)20-19(22(25)26)14(2)24-17-12-29-23(27)21(17)20/h3-10,20,24H,11-12H2,1-2H3,(H,25,26). The van der Waals surface area contributed by atoms with Crippen molar-refractivity contribution in [3.63, 3.8) is 0 Å². The normalized spacial score (nSPS) is 18.7. The van der Waals surface area contributed by atoms with Gasteiger partial charge in [0.25, 0.3) is 0 Å². The summed E-state index contributed by atoms with van der Waals surface area (Å²) in [7, 11) is 0. The lowest BCUT2D eigenvalue weighted by Gasteiger charge is -2.29. The quantitative estimate of drug-likeness (QED) is 0.670. The van der Waals surface area contributed by atoms with Crippen molar-refractivity contribution in [1.82, 2.24) is 5.32 Å². The fourth-order valence-corrected chi connectivity index (χ4v) is 5.70. The Labute approximate surface area is 178 Å². The van der Waals surface area contributed by atoms with E-state index in [4.69, 9.17) is 0 Å². The molecule has 2 heterocycles. The minimum Gasteiger partial charge on any atom is -0.478 e. The second kappa shape index (κ2) is 8.13. The Morgan fingerprint density at radius 2 is 1.90 bits per heavy atom. The molecule has 0 saturated carbocycles. The molecule has 0 saturated heterocycles. The number of carbonyl (C=O) groups is 2. The Balaban J connectivity index is 1.74. The van der Waals surface area contributed by atoms with Gasteiger partial charge < -0.3 is 10.4 Å². The minimum atomic E-state index is -0.991. The third-order valence-corrected chi connectivity index (χ3v) is 7.26. The molecule has 148 valence electrons. The molecule has 0 bridgehead atoms. The van der Waals surface area contributed by atoms with Crippen molar-refractivity contribution in [3.05, 3.63) is 87.8 Å². The monoisotopic (exact) mass is 423 g/mol. The fourth-order valence-electron chi connectivity index (χ4n) is 3.76. The average molecular weight is 424 g/mol. The van der Waals surface area contributed by atoms with E-state index in [1.165, 1.54) is 22.9 Å². The number of aliphatic carboxylic acids is 1. The van der Waals surface area contributed by atoms with Crippen molar-refractivity contribution < 1.29 is 14.7 Å². The molecule has 1 atom stereocenters. The maximum absolute atomic E-state index is 12.6. The second-order valence-electron chi connectivity index (χ2n) is 7.18. The van der Waals surface area contributed by atoms with Gasteiger partial charge in [0, 0.05) is 33.4 Å². The van der Waals surface area contributed by atoms with Gasteiger partial charge in [0.15, 0.2) is 0 Å². The summed E-state index contributed by atoms with van der Waals surface area (Å²) in [4.78, 5) is 25.8. The number of carboxylic acid groups (broad SMARTS) is 1. The Morgan fingerprint density at radius 3 is 2.62 bits per heavy atom. The summed E-state index contributed by atoms with van der Waals surface area (Å²) in [5.41, 5.74) is 5.59. The van der Waals surface area contributed by atoms with Gasteiger partial charge in [-0.1, -0.05) is 59.8 Å². The van der Waals surface area contributed by atoms with Crippen LogP contribution in [0.1, 0.15) is 29.5 Å². The number of dihydropyridines is 1. The zero-order valence-electron chi connectivity index (χ0n) is 16.2. The molecule has 0 spiro atoms. The number of carboxylic acids is 1. The van der Waals surface area contributed by atoms with Crippen LogP contribution in [-0.2, 0) is 15.3 Å². The molecule has 2 aliphatic heterocycles. The SMILES string of the molecule is CC1=C(C(=O)O)C(c2ccccc2SCc2ccc(C)cc2)C2=C(CSC2=O)N1. The van der Waals surface area contributed by atoms with Crippen LogP contribution >= 0.6 is 23.5 Å². The highest BCUT2D eigenvalue weighted by atomic mass is 32.2. The highest BCUT2D eigenvalue weighted by Crippen LogP contribution is 2.46. The summed E-state index contributed by atoms with van der Waals surface area (Å²) in [5.74, 6) is -0.196. The lowest BCUT2D eigenvalue weighted by molar-refractivity contribution is -0.133. The van der Waals surface area contributed by atoms with Gasteiger partial charge in [-0.25, -0.2) is 4.79 Å². The zero-order chi connectivity index (χ0) is 20.5. The molecule has 0 fully saturated rings. The molecule has 6 heteroatoms. The number of benzene rings is 2. The number of rotatable bonds is 5. The number of thioether (sulfide) groups is 2. The summed E-state index contributed by atoms with van der Waals surface area (Å²) in [6.07, 6.45) is 0. The molecule has 4 rings (SSSR count). The van der Waals surface area contributed by atoms with Gasteiger partial charge in [-0.3, -0.25) is 4.79 Å². The first-order valence-electron chi connectivity index (χ1n) is 9.34. The Hall–Kier alpha value is -2.44. The molecule has 0 amide bonds. The van der Waals surface area contributed by atoms with Gasteiger partial charge >= 0.3 is 5.97 Å². The smallest absolute Gasteiger partial charge is 0.334 e. The van der Waals surface area contributed by atoms with Crippen LogP contribution in [0.5, 0.6) is 0 Å². The van der Waals surface area contributed by atoms with Gasteiger partial charge in [0.05, 0.1) is 11.5 Å². The van der Waals surface area contributed by atoms with Crippen LogP contribution in [0.3, 0.4) is 0 Å². The van der Waals surface area contributed by atoms with E-state index in [0.29, 0.717) is 17.0 Å². The molecule has 2 N–H and O–H groups in total. The van der Waals surface area contributed by atoms with Crippen LogP contribution in [-0.4, -0.2) is 21.9 Å². The van der Waals surface area contributed by atoms with E-state index in [0.717, 1.165) is 21.9 Å². The van der Waals surface area contributed by atoms with Gasteiger partial charge in [-0.05, 0) is 31.0 Å². The van der Waals surface area contributed by atoms with E-state index in [1.54, 1.807) is 18.7 Å². The lowest BCUT2D eigenvalue weighted by Crippen LogP contribution is -2.29. The number of aryl methyl sites for hydroxylation is 1. The molecule has 0 radical (unpaired) electrons. The van der Waals surface area contributed by atoms with Crippen LogP contribution in [0.4, 0.5) is 0 Å². The summed E-state index contributed by atoms with van der Waals surface area (Å²) in [6.45, 7) is 3.84. The van der Waals surface area contributed by atoms with Crippen molar-refractivity contribution in [3.8, 4) is 0 Å². The first-order chi connectivity index (χ1) is 14.0. The Kier molecular flexibility index (Phi) is 5.56. The fraction of sp³-hybridized carbons (Fsp3) is 0.217. The van der Waals surface area contributed by atoms with Gasteiger partial charge in [0.2, 0.25) is 5.12 Å². The van der Waals surface area contributed by atoms with E-state index in [9.17, 15) is 14.7 Å². The molecule has 0 aliphatic carbocycles. The number of hydrogen-bond donors (Lipinski definition) is 2. The largest absolute Gasteiger partial charge is 0.478 e. The molecule has 2 aromatic rings. The lowest BCUT2D eigenvalue weighted by atomic mass is 9.81. The van der Waals surface area contributed by atoms with Crippen LogP contribution in [0.25, 0.3) is 0 Å². The highest BCUT2D eigenvalue weighted by Gasteiger charge is 2.41. The average Bonchev–Trinajstić information content (AvgIpc) is 3.07. The molecule has 2 aliphatic rings. The van der Waals surface area contributed by atoms with E-state index in [1.807, 2.05) is 24.3 Å². The molecular weight excluding hydrogens is 402 g/mol. The van der Waals surface area contributed by atoms with Crippen LogP contribution in [0.2, 0.25) is 0 Å². The van der Waals surface area contributed by atoms with Crippen molar-refractivity contribution in [1.29, 1.82) is 0 Å². The summed E-state index contributed by atoms with van der Waals surface area (Å²) in [5, 5.41) is 13.0. The highest BCUT2D eigenvalue weighted by molar-refractivity contribution is 8.14. The van der Waals surface area contributed by atoms with Crippen molar-refractivity contribution in [2.45, 2.75) is 30.4 Å². The first-order valence-corrected chi connectivity index (χ1v) is 11.3. The van der Waals surface area contributed by atoms with E-state index < -0.39 is 11.9 Å². The second-order valence-corrected chi connectivity index (χ2v) is 9.15. The third kappa shape index (κ3) is 3.87. The van der Waals surface area contributed by atoms with Gasteiger partial charge in [-0.2, -0.15) is 0 Å². The number of hydrogen-bond acceptors (Lipinski definition) is 5. The summed E-state index contributed by atoms with van der Waals surface area (Å²) in [6, 6.07) is 16.2. The van der Waals surface area contributed by atoms with Crippen LogP contribution in [0.15, 0.2) is 76.0 Å². The van der Waals surface area contributed by atoms with Crippen LogP contribution < -0.4 is 5.32 Å². The van der Waals surface area contributed by atoms with Crippen molar-refractivity contribution >= 4 is 34.6 Å². The van der Waals surface area contributed by atoms with Gasteiger partial charge in [-0.15, -0.1) is 11.8 Å². The Morgan fingerprint density at radius 1 is 1.17 bits per heavy atom. The predicted molar refractivity (Wildman–Crippen MR) is 118 cm³/mol. The zero-order valence-corrected chi connectivity index (χ0v) is 17.8. The minimum absolute atomic E-state index is 0.0397. The topological polar surface area (TPSA) is 66.4 Å².